The van der Waals surface area contributed by atoms with Crippen molar-refractivity contribution in [2.45, 2.75) is 12.6 Å². The molecule has 2 rings (SSSR count). The molecule has 0 unspecified atom stereocenters. The van der Waals surface area contributed by atoms with Crippen molar-refractivity contribution >= 4 is 19.7 Å². The van der Waals surface area contributed by atoms with Crippen LogP contribution in [0.15, 0.2) is 30.5 Å². The van der Waals surface area contributed by atoms with E-state index in [-0.39, 0.29) is 0 Å². The van der Waals surface area contributed by atoms with Gasteiger partial charge in [0.2, 0.25) is 0 Å². The normalized spacial score (nSPS) is 12.2. The first-order valence-electron chi connectivity index (χ1n) is 5.80. The van der Waals surface area contributed by atoms with Gasteiger partial charge in [0.05, 0.1) is 11.7 Å². The van der Waals surface area contributed by atoms with E-state index in [0.29, 0.717) is 6.04 Å². The molecule has 0 spiro atoms. The molecule has 0 aliphatic carbocycles. The van der Waals surface area contributed by atoms with Crippen molar-refractivity contribution in [2.75, 3.05) is 21.3 Å². The SMILES string of the molecule is CO[Si](CCn1ncc2ccccc21)(OC)OC. The molecule has 0 amide bonds. The molecule has 0 fully saturated rings. The summed E-state index contributed by atoms with van der Waals surface area (Å²) in [6.45, 7) is 0.718. The quantitative estimate of drug-likeness (QED) is 0.749. The van der Waals surface area contributed by atoms with Crippen molar-refractivity contribution in [1.82, 2.24) is 9.78 Å². The fourth-order valence-corrected chi connectivity index (χ4v) is 3.60. The number of fused-ring (bicyclic) bond motifs is 1. The first-order chi connectivity index (χ1) is 8.74. The smallest absolute Gasteiger partial charge is 0.377 e. The first-order valence-corrected chi connectivity index (χ1v) is 7.74. The molecule has 0 radical (unpaired) electrons. The highest BCUT2D eigenvalue weighted by atomic mass is 28.4. The van der Waals surface area contributed by atoms with Gasteiger partial charge in [-0.2, -0.15) is 5.10 Å². The van der Waals surface area contributed by atoms with Gasteiger partial charge < -0.3 is 13.3 Å². The summed E-state index contributed by atoms with van der Waals surface area (Å²) in [5.74, 6) is 0. The van der Waals surface area contributed by atoms with Gasteiger partial charge in [-0.25, -0.2) is 0 Å². The Morgan fingerprint density at radius 1 is 1.11 bits per heavy atom. The van der Waals surface area contributed by atoms with Gasteiger partial charge in [0, 0.05) is 39.3 Å². The van der Waals surface area contributed by atoms with Crippen LogP contribution in [-0.2, 0) is 19.8 Å². The van der Waals surface area contributed by atoms with Crippen LogP contribution in [0.3, 0.4) is 0 Å². The summed E-state index contributed by atoms with van der Waals surface area (Å²) in [4.78, 5) is 0. The lowest BCUT2D eigenvalue weighted by molar-refractivity contribution is 0.122. The molecule has 0 saturated carbocycles. The number of aromatic nitrogens is 2. The van der Waals surface area contributed by atoms with E-state index in [1.807, 2.05) is 29.1 Å². The highest BCUT2D eigenvalue weighted by Gasteiger charge is 2.37. The largest absolute Gasteiger partial charge is 0.502 e. The van der Waals surface area contributed by atoms with E-state index >= 15 is 0 Å². The highest BCUT2D eigenvalue weighted by Crippen LogP contribution is 2.17. The third kappa shape index (κ3) is 2.46. The maximum absolute atomic E-state index is 5.40. The molecular weight excluding hydrogens is 248 g/mol. The maximum atomic E-state index is 5.40. The van der Waals surface area contributed by atoms with Crippen molar-refractivity contribution in [2.24, 2.45) is 0 Å². The number of benzene rings is 1. The lowest BCUT2D eigenvalue weighted by Gasteiger charge is -2.24. The summed E-state index contributed by atoms with van der Waals surface area (Å²) in [7, 11) is 2.35. The molecule has 5 nitrogen and oxygen atoms in total. The molecule has 1 heterocycles. The monoisotopic (exact) mass is 266 g/mol. The minimum atomic E-state index is -2.52. The van der Waals surface area contributed by atoms with Crippen LogP contribution in [0.2, 0.25) is 6.04 Å². The van der Waals surface area contributed by atoms with E-state index in [1.54, 1.807) is 21.3 Å². The molecule has 0 atom stereocenters. The predicted octanol–water partition coefficient (Wildman–Crippen LogP) is 1.91. The molecule has 6 heteroatoms. The molecule has 1 aromatic carbocycles. The van der Waals surface area contributed by atoms with Gasteiger partial charge in [0.25, 0.3) is 0 Å². The lowest BCUT2D eigenvalue weighted by Crippen LogP contribution is -2.43. The van der Waals surface area contributed by atoms with Gasteiger partial charge in [0.15, 0.2) is 0 Å². The number of nitrogens with zero attached hydrogens (tertiary/aromatic N) is 2. The Labute approximate surface area is 108 Å². The van der Waals surface area contributed by atoms with Gasteiger partial charge in [-0.1, -0.05) is 18.2 Å². The van der Waals surface area contributed by atoms with Crippen LogP contribution in [0.5, 0.6) is 0 Å². The van der Waals surface area contributed by atoms with Crippen LogP contribution in [0.25, 0.3) is 10.9 Å². The third-order valence-corrected chi connectivity index (χ3v) is 5.82. The zero-order chi connectivity index (χ0) is 13.0. The maximum Gasteiger partial charge on any atom is 0.502 e. The average molecular weight is 266 g/mol. The molecule has 0 aliphatic heterocycles. The van der Waals surface area contributed by atoms with Crippen LogP contribution in [0, 0.1) is 0 Å². The molecule has 0 N–H and O–H groups in total. The second-order valence-corrected chi connectivity index (χ2v) is 7.06. The molecule has 0 saturated heterocycles. The van der Waals surface area contributed by atoms with Crippen LogP contribution >= 0.6 is 0 Å². The number of hydrogen-bond acceptors (Lipinski definition) is 4. The summed E-state index contributed by atoms with van der Waals surface area (Å²) < 4.78 is 18.2. The van der Waals surface area contributed by atoms with E-state index in [2.05, 4.69) is 11.2 Å². The van der Waals surface area contributed by atoms with Crippen LogP contribution in [0.4, 0.5) is 0 Å². The van der Waals surface area contributed by atoms with Crippen molar-refractivity contribution in [3.63, 3.8) is 0 Å². The standard InChI is InChI=1S/C12H18N2O3Si/c1-15-18(16-2,17-3)9-8-14-12-7-5-4-6-11(12)10-13-14/h4-7,10H,8-9H2,1-3H3. The predicted molar refractivity (Wildman–Crippen MR) is 71.3 cm³/mol. The number of aryl methyl sites for hydroxylation is 1. The molecule has 0 aliphatic rings. The lowest BCUT2D eigenvalue weighted by atomic mass is 10.3. The number of para-hydroxylation sites is 1. The zero-order valence-corrected chi connectivity index (χ0v) is 11.9. The van der Waals surface area contributed by atoms with Gasteiger partial charge in [-0.3, -0.25) is 4.68 Å². The van der Waals surface area contributed by atoms with Crippen LogP contribution in [-0.4, -0.2) is 39.9 Å². The molecular formula is C12H18N2O3Si. The Morgan fingerprint density at radius 3 is 2.44 bits per heavy atom. The number of rotatable bonds is 6. The van der Waals surface area contributed by atoms with Crippen molar-refractivity contribution in [1.29, 1.82) is 0 Å². The summed E-state index contributed by atoms with van der Waals surface area (Å²) in [5.41, 5.74) is 1.11. The number of hydrogen-bond donors (Lipinski definition) is 0. The Balaban J connectivity index is 2.14. The fraction of sp³-hybridized carbons (Fsp3) is 0.417. The van der Waals surface area contributed by atoms with Crippen LogP contribution < -0.4 is 0 Å². The summed E-state index contributed by atoms with van der Waals surface area (Å²) in [6.07, 6.45) is 1.87. The zero-order valence-electron chi connectivity index (χ0n) is 10.9. The summed E-state index contributed by atoms with van der Waals surface area (Å²) >= 11 is 0. The molecule has 1 aromatic heterocycles. The van der Waals surface area contributed by atoms with Gasteiger partial charge in [-0.05, 0) is 6.07 Å². The van der Waals surface area contributed by atoms with Gasteiger partial charge in [-0.15, -0.1) is 0 Å². The van der Waals surface area contributed by atoms with E-state index in [9.17, 15) is 0 Å². The second-order valence-electron chi connectivity index (χ2n) is 3.97. The molecule has 0 bridgehead atoms. The molecule has 2 aromatic rings. The van der Waals surface area contributed by atoms with E-state index in [4.69, 9.17) is 13.3 Å². The second kappa shape index (κ2) is 5.62. The van der Waals surface area contributed by atoms with Gasteiger partial charge >= 0.3 is 8.80 Å². The molecule has 18 heavy (non-hydrogen) atoms. The van der Waals surface area contributed by atoms with Crippen LogP contribution in [0.1, 0.15) is 0 Å². The minimum absolute atomic E-state index is 0.697. The van der Waals surface area contributed by atoms with Crippen molar-refractivity contribution < 1.29 is 13.3 Å². The fourth-order valence-electron chi connectivity index (χ4n) is 2.00. The van der Waals surface area contributed by atoms with E-state index in [0.717, 1.165) is 17.4 Å². The summed E-state index contributed by atoms with van der Waals surface area (Å²) in [5, 5.41) is 5.51. The Bertz CT molecular complexity index is 502. The van der Waals surface area contributed by atoms with E-state index in [1.165, 1.54) is 0 Å². The van der Waals surface area contributed by atoms with E-state index < -0.39 is 8.80 Å². The Morgan fingerprint density at radius 2 is 1.78 bits per heavy atom. The first kappa shape index (κ1) is 13.2. The van der Waals surface area contributed by atoms with Crippen molar-refractivity contribution in [3.05, 3.63) is 30.5 Å². The Hall–Kier alpha value is -1.21. The van der Waals surface area contributed by atoms with Gasteiger partial charge in [0.1, 0.15) is 0 Å². The van der Waals surface area contributed by atoms with Crippen molar-refractivity contribution in [3.8, 4) is 0 Å². The highest BCUT2D eigenvalue weighted by molar-refractivity contribution is 6.60. The summed E-state index contributed by atoms with van der Waals surface area (Å²) in [6, 6.07) is 8.81. The average Bonchev–Trinajstić information content (AvgIpc) is 2.85. The topological polar surface area (TPSA) is 45.5 Å². The minimum Gasteiger partial charge on any atom is -0.377 e. The Kier molecular flexibility index (Phi) is 4.13. The third-order valence-electron chi connectivity index (χ3n) is 3.11. The molecule has 98 valence electrons.